The molecule has 0 radical (unpaired) electrons. The number of para-hydroxylation sites is 1. The Morgan fingerprint density at radius 3 is 2.64 bits per heavy atom. The van der Waals surface area contributed by atoms with Crippen LogP contribution in [0.25, 0.3) is 0 Å². The highest BCUT2D eigenvalue weighted by atomic mass is 127. The molecule has 0 aliphatic carbocycles. The number of fused-ring (bicyclic) bond motifs is 1. The molecule has 11 heteroatoms. The number of anilines is 1. The second kappa shape index (κ2) is 13.9. The van der Waals surface area contributed by atoms with E-state index < -0.39 is 16.1 Å². The molecule has 0 aromatic heterocycles. The second-order valence-electron chi connectivity index (χ2n) is 10.3. The first kappa shape index (κ1) is 30.3. The van der Waals surface area contributed by atoms with Gasteiger partial charge in [-0.25, -0.2) is 13.2 Å². The van der Waals surface area contributed by atoms with Gasteiger partial charge < -0.3 is 19.9 Å². The summed E-state index contributed by atoms with van der Waals surface area (Å²) in [5.74, 6) is -0.324. The standard InChI is InChI=1S/C31H34IN3O6S/c32-30-25-20-24(15-14-23(25)19-26(34-30)28-12-6-7-18-40-28)35(42(38,39)29-13-5-4-11-27(29)36)17-8-16-33-31(37)41-21-22-9-2-1-3-10-22/h1-5,9-11,13-15,20,26,28,36H,6-8,12,16-19,21H2,(H,33,37). The lowest BCUT2D eigenvalue weighted by Crippen LogP contribution is -2.36. The Labute approximate surface area is 260 Å². The maximum atomic E-state index is 13.9. The van der Waals surface area contributed by atoms with Gasteiger partial charge in [0, 0.05) is 25.3 Å². The number of hydrogen-bond donors (Lipinski definition) is 2. The number of halogens is 1. The zero-order valence-electron chi connectivity index (χ0n) is 23.1. The number of aliphatic imine (C=N–C) groups is 1. The van der Waals surface area contributed by atoms with E-state index in [0.717, 1.165) is 52.7 Å². The number of nitrogens with one attached hydrogen (secondary N) is 1. The van der Waals surface area contributed by atoms with E-state index in [4.69, 9.17) is 14.5 Å². The number of phenols is 1. The number of sulfonamides is 1. The van der Waals surface area contributed by atoms with Crippen molar-refractivity contribution in [3.8, 4) is 5.75 Å². The van der Waals surface area contributed by atoms with Crippen LogP contribution in [0.5, 0.6) is 5.75 Å². The van der Waals surface area contributed by atoms with Crippen molar-refractivity contribution in [2.24, 2.45) is 4.99 Å². The Hall–Kier alpha value is -3.16. The summed E-state index contributed by atoms with van der Waals surface area (Å²) in [6, 6.07) is 20.9. The number of amides is 1. The van der Waals surface area contributed by atoms with Gasteiger partial charge in [0.2, 0.25) is 0 Å². The summed E-state index contributed by atoms with van der Waals surface area (Å²) in [7, 11) is -4.13. The fourth-order valence-electron chi connectivity index (χ4n) is 5.23. The van der Waals surface area contributed by atoms with Crippen LogP contribution in [-0.4, -0.2) is 55.2 Å². The van der Waals surface area contributed by atoms with Gasteiger partial charge in [-0.2, -0.15) is 0 Å². The lowest BCUT2D eigenvalue weighted by Gasteiger charge is -2.32. The smallest absolute Gasteiger partial charge is 0.407 e. The van der Waals surface area contributed by atoms with Gasteiger partial charge in [-0.05, 0) is 90.1 Å². The second-order valence-corrected chi connectivity index (χ2v) is 13.2. The Bertz CT molecular complexity index is 1530. The van der Waals surface area contributed by atoms with E-state index >= 15 is 0 Å². The average Bonchev–Trinajstić information content (AvgIpc) is 3.01. The number of carbonyl (C=O) groups excluding carboxylic acids is 1. The van der Waals surface area contributed by atoms with Crippen molar-refractivity contribution < 1.29 is 27.8 Å². The van der Waals surface area contributed by atoms with E-state index in [-0.39, 0.29) is 42.5 Å². The molecular weight excluding hydrogens is 669 g/mol. The minimum Gasteiger partial charge on any atom is -0.507 e. The summed E-state index contributed by atoms with van der Waals surface area (Å²) in [4.78, 5) is 17.0. The Morgan fingerprint density at radius 1 is 1.10 bits per heavy atom. The molecule has 2 N–H and O–H groups in total. The number of alkyl carbamates (subject to hydrolysis) is 1. The van der Waals surface area contributed by atoms with Gasteiger partial charge in [-0.1, -0.05) is 48.5 Å². The Kier molecular flexibility index (Phi) is 10.0. The number of phenolic OH excluding ortho intramolecular Hbond substituents is 1. The van der Waals surface area contributed by atoms with Crippen LogP contribution in [0.4, 0.5) is 10.5 Å². The highest BCUT2D eigenvalue weighted by molar-refractivity contribution is 14.1. The van der Waals surface area contributed by atoms with Crippen molar-refractivity contribution in [3.63, 3.8) is 0 Å². The Morgan fingerprint density at radius 2 is 1.88 bits per heavy atom. The molecule has 2 heterocycles. The van der Waals surface area contributed by atoms with E-state index in [0.29, 0.717) is 12.1 Å². The van der Waals surface area contributed by atoms with E-state index in [9.17, 15) is 18.3 Å². The number of ether oxygens (including phenoxy) is 2. The van der Waals surface area contributed by atoms with Gasteiger partial charge in [-0.15, -0.1) is 0 Å². The monoisotopic (exact) mass is 703 g/mol. The first-order chi connectivity index (χ1) is 20.3. The van der Waals surface area contributed by atoms with Crippen LogP contribution in [-0.2, 0) is 32.5 Å². The quantitative estimate of drug-likeness (QED) is 0.211. The number of carbonyl (C=O) groups is 1. The topological polar surface area (TPSA) is 118 Å². The predicted octanol–water partition coefficient (Wildman–Crippen LogP) is 5.58. The summed E-state index contributed by atoms with van der Waals surface area (Å²) in [5, 5.41) is 13.1. The molecule has 2 aliphatic heterocycles. The van der Waals surface area contributed by atoms with Gasteiger partial charge >= 0.3 is 6.09 Å². The van der Waals surface area contributed by atoms with Crippen molar-refractivity contribution in [2.75, 3.05) is 24.0 Å². The molecule has 3 aromatic carbocycles. The number of aromatic hydroxyl groups is 1. The van der Waals surface area contributed by atoms with E-state index in [1.54, 1.807) is 18.2 Å². The van der Waals surface area contributed by atoms with Crippen molar-refractivity contribution in [1.82, 2.24) is 5.32 Å². The van der Waals surface area contributed by atoms with Crippen LogP contribution < -0.4 is 9.62 Å². The van der Waals surface area contributed by atoms with E-state index in [2.05, 4.69) is 27.9 Å². The molecule has 0 bridgehead atoms. The van der Waals surface area contributed by atoms with Gasteiger partial charge in [0.1, 0.15) is 21.0 Å². The predicted molar refractivity (Wildman–Crippen MR) is 170 cm³/mol. The fourth-order valence-corrected chi connectivity index (χ4v) is 7.67. The molecular formula is C31H34IN3O6S. The number of benzene rings is 3. The molecule has 5 rings (SSSR count). The highest BCUT2D eigenvalue weighted by Gasteiger charge is 2.31. The third kappa shape index (κ3) is 7.24. The zero-order chi connectivity index (χ0) is 29.5. The van der Waals surface area contributed by atoms with Gasteiger partial charge in [-0.3, -0.25) is 9.30 Å². The summed E-state index contributed by atoms with van der Waals surface area (Å²) < 4.78 is 41.1. The fraction of sp³-hybridized carbons (Fsp3) is 0.355. The first-order valence-electron chi connectivity index (χ1n) is 14.1. The summed E-state index contributed by atoms with van der Waals surface area (Å²) >= 11 is 2.22. The lowest BCUT2D eigenvalue weighted by atomic mass is 9.92. The third-order valence-electron chi connectivity index (χ3n) is 7.41. The minimum atomic E-state index is -4.13. The van der Waals surface area contributed by atoms with Crippen LogP contribution >= 0.6 is 22.6 Å². The number of hydrogen-bond acceptors (Lipinski definition) is 7. The third-order valence-corrected chi connectivity index (χ3v) is 10.1. The Balaban J connectivity index is 1.32. The average molecular weight is 704 g/mol. The van der Waals surface area contributed by atoms with Crippen LogP contribution in [0.2, 0.25) is 0 Å². The molecule has 1 amide bonds. The molecule has 1 fully saturated rings. The SMILES string of the molecule is O=C(NCCCN(c1ccc2c(c1)C(I)=NC(C1CCCCO1)C2)S(=O)(=O)c1ccccc1O)OCc1ccccc1. The molecule has 222 valence electrons. The van der Waals surface area contributed by atoms with E-state index in [1.165, 1.54) is 16.4 Å². The molecule has 2 unspecified atom stereocenters. The molecule has 1 saturated heterocycles. The number of nitrogens with zero attached hydrogens (tertiary/aromatic N) is 2. The van der Waals surface area contributed by atoms with Crippen LogP contribution in [0.3, 0.4) is 0 Å². The largest absolute Gasteiger partial charge is 0.507 e. The highest BCUT2D eigenvalue weighted by Crippen LogP contribution is 2.34. The first-order valence-corrected chi connectivity index (χ1v) is 16.6. The molecule has 3 aromatic rings. The molecule has 2 aliphatic rings. The van der Waals surface area contributed by atoms with Gasteiger partial charge in [0.05, 0.1) is 17.8 Å². The summed E-state index contributed by atoms with van der Waals surface area (Å²) in [6.07, 6.45) is 3.77. The molecule has 2 atom stereocenters. The maximum Gasteiger partial charge on any atom is 0.407 e. The van der Waals surface area contributed by atoms with Crippen LogP contribution in [0, 0.1) is 0 Å². The molecule has 0 saturated carbocycles. The normalized spacial score (nSPS) is 18.5. The van der Waals surface area contributed by atoms with Gasteiger partial charge in [0.15, 0.2) is 0 Å². The van der Waals surface area contributed by atoms with Gasteiger partial charge in [0.25, 0.3) is 10.0 Å². The summed E-state index contributed by atoms with van der Waals surface area (Å²) in [6.45, 7) is 1.18. The van der Waals surface area contributed by atoms with Crippen molar-refractivity contribution in [3.05, 3.63) is 89.5 Å². The molecule has 9 nitrogen and oxygen atoms in total. The van der Waals surface area contributed by atoms with Crippen molar-refractivity contribution >= 4 is 48.1 Å². The van der Waals surface area contributed by atoms with Crippen molar-refractivity contribution in [1.29, 1.82) is 0 Å². The molecule has 42 heavy (non-hydrogen) atoms. The number of rotatable bonds is 10. The maximum absolute atomic E-state index is 13.9. The lowest BCUT2D eigenvalue weighted by molar-refractivity contribution is 0.000980. The summed E-state index contributed by atoms with van der Waals surface area (Å²) in [5.41, 5.74) is 3.32. The zero-order valence-corrected chi connectivity index (χ0v) is 26.1. The van der Waals surface area contributed by atoms with E-state index in [1.807, 2.05) is 42.5 Å². The van der Waals surface area contributed by atoms with Crippen molar-refractivity contribution in [2.45, 2.75) is 55.8 Å². The molecule has 0 spiro atoms. The van der Waals surface area contributed by atoms with Crippen LogP contribution in [0.1, 0.15) is 42.4 Å². The van der Waals surface area contributed by atoms with Crippen LogP contribution in [0.15, 0.2) is 82.7 Å². The minimum absolute atomic E-state index is 0.0457.